The number of hydrogen-bond donors (Lipinski definition) is 2. The fourth-order valence-corrected chi connectivity index (χ4v) is 1.17. The number of aromatic nitrogens is 1. The first-order valence-corrected chi connectivity index (χ1v) is 5.28. The summed E-state index contributed by atoms with van der Waals surface area (Å²) >= 11 is 0. The van der Waals surface area contributed by atoms with Gasteiger partial charge in [-0.15, -0.1) is 0 Å². The molecule has 1 aromatic rings. The summed E-state index contributed by atoms with van der Waals surface area (Å²) in [6, 6.07) is 3.94. The van der Waals surface area contributed by atoms with Gasteiger partial charge in [0.15, 0.2) is 5.96 Å². The van der Waals surface area contributed by atoms with Gasteiger partial charge in [0.2, 0.25) is 0 Å². The summed E-state index contributed by atoms with van der Waals surface area (Å²) in [5.41, 5.74) is 1.12. The molecule has 0 aromatic carbocycles. The zero-order valence-corrected chi connectivity index (χ0v) is 9.33. The van der Waals surface area contributed by atoms with E-state index in [1.807, 2.05) is 18.3 Å². The van der Waals surface area contributed by atoms with Crippen molar-refractivity contribution in [1.29, 1.82) is 0 Å². The van der Waals surface area contributed by atoms with Crippen molar-refractivity contribution in [2.24, 2.45) is 4.99 Å². The van der Waals surface area contributed by atoms with Gasteiger partial charge in [0.1, 0.15) is 0 Å². The molecule has 2 N–H and O–H groups in total. The van der Waals surface area contributed by atoms with Gasteiger partial charge in [0.25, 0.3) is 0 Å². The molecular weight excluding hydrogens is 188 g/mol. The maximum atomic E-state index is 4.43. The third-order valence-electron chi connectivity index (χ3n) is 1.83. The van der Waals surface area contributed by atoms with E-state index in [1.165, 1.54) is 0 Å². The van der Waals surface area contributed by atoms with E-state index in [1.54, 1.807) is 6.20 Å². The van der Waals surface area contributed by atoms with E-state index in [0.29, 0.717) is 6.54 Å². The van der Waals surface area contributed by atoms with Crippen LogP contribution in [0.15, 0.2) is 29.5 Å². The number of aliphatic imine (C=N–C) groups is 1. The van der Waals surface area contributed by atoms with Crippen molar-refractivity contribution < 1.29 is 0 Å². The molecular formula is C11H18N4. The largest absolute Gasteiger partial charge is 0.357 e. The Morgan fingerprint density at radius 3 is 2.60 bits per heavy atom. The van der Waals surface area contributed by atoms with Gasteiger partial charge in [-0.05, 0) is 25.5 Å². The summed E-state index contributed by atoms with van der Waals surface area (Å²) in [5, 5.41) is 6.34. The Labute approximate surface area is 90.8 Å². The molecule has 0 amide bonds. The maximum absolute atomic E-state index is 4.43. The van der Waals surface area contributed by atoms with Crippen LogP contribution in [0.4, 0.5) is 0 Å². The molecule has 0 spiro atoms. The quantitative estimate of drug-likeness (QED) is 0.574. The lowest BCUT2D eigenvalue weighted by atomic mass is 10.3. The van der Waals surface area contributed by atoms with Crippen LogP contribution < -0.4 is 10.6 Å². The van der Waals surface area contributed by atoms with E-state index in [4.69, 9.17) is 0 Å². The topological polar surface area (TPSA) is 49.3 Å². The smallest absolute Gasteiger partial charge is 0.191 e. The Morgan fingerprint density at radius 2 is 2.07 bits per heavy atom. The SMILES string of the molecule is CCNC(=NCc1cccnc1)NCC. The van der Waals surface area contributed by atoms with E-state index in [2.05, 4.69) is 34.5 Å². The molecule has 0 unspecified atom stereocenters. The van der Waals surface area contributed by atoms with E-state index in [-0.39, 0.29) is 0 Å². The monoisotopic (exact) mass is 206 g/mol. The number of guanidine groups is 1. The fraction of sp³-hybridized carbons (Fsp3) is 0.455. The van der Waals surface area contributed by atoms with Crippen LogP contribution in [0.5, 0.6) is 0 Å². The highest BCUT2D eigenvalue weighted by atomic mass is 15.2. The van der Waals surface area contributed by atoms with Gasteiger partial charge in [-0.1, -0.05) is 6.07 Å². The van der Waals surface area contributed by atoms with Crippen molar-refractivity contribution in [2.75, 3.05) is 13.1 Å². The molecule has 0 aliphatic carbocycles. The second kappa shape index (κ2) is 6.81. The van der Waals surface area contributed by atoms with Gasteiger partial charge < -0.3 is 10.6 Å². The molecule has 0 aliphatic rings. The number of rotatable bonds is 4. The predicted octanol–water partition coefficient (Wildman–Crippen LogP) is 1.16. The Bertz CT molecular complexity index is 287. The van der Waals surface area contributed by atoms with Gasteiger partial charge in [-0.25, -0.2) is 4.99 Å². The molecule has 4 heteroatoms. The Hall–Kier alpha value is -1.58. The Balaban J connectivity index is 2.53. The number of nitrogens with zero attached hydrogens (tertiary/aromatic N) is 2. The van der Waals surface area contributed by atoms with Crippen LogP contribution in [-0.2, 0) is 6.54 Å². The third kappa shape index (κ3) is 4.44. The molecule has 15 heavy (non-hydrogen) atoms. The molecule has 1 aromatic heterocycles. The van der Waals surface area contributed by atoms with Crippen molar-refractivity contribution in [3.8, 4) is 0 Å². The van der Waals surface area contributed by atoms with E-state index < -0.39 is 0 Å². The highest BCUT2D eigenvalue weighted by Crippen LogP contribution is 1.97. The number of hydrogen-bond acceptors (Lipinski definition) is 2. The normalized spacial score (nSPS) is 9.47. The molecule has 0 saturated heterocycles. The first-order valence-electron chi connectivity index (χ1n) is 5.28. The minimum atomic E-state index is 0.656. The Morgan fingerprint density at radius 1 is 1.33 bits per heavy atom. The number of nitrogens with one attached hydrogen (secondary N) is 2. The number of pyridine rings is 1. The first-order chi connectivity index (χ1) is 7.36. The van der Waals surface area contributed by atoms with Gasteiger partial charge in [0, 0.05) is 25.5 Å². The summed E-state index contributed by atoms with van der Waals surface area (Å²) in [4.78, 5) is 8.47. The summed E-state index contributed by atoms with van der Waals surface area (Å²) in [6.07, 6.45) is 3.60. The lowest BCUT2D eigenvalue weighted by Crippen LogP contribution is -2.36. The van der Waals surface area contributed by atoms with E-state index in [9.17, 15) is 0 Å². The van der Waals surface area contributed by atoms with E-state index in [0.717, 1.165) is 24.6 Å². The van der Waals surface area contributed by atoms with Gasteiger partial charge >= 0.3 is 0 Å². The molecule has 1 heterocycles. The second-order valence-corrected chi connectivity index (χ2v) is 3.09. The molecule has 0 aliphatic heterocycles. The second-order valence-electron chi connectivity index (χ2n) is 3.09. The summed E-state index contributed by atoms with van der Waals surface area (Å²) in [6.45, 7) is 6.51. The average molecular weight is 206 g/mol. The molecule has 0 atom stereocenters. The van der Waals surface area contributed by atoms with Crippen molar-refractivity contribution in [3.63, 3.8) is 0 Å². The highest BCUT2D eigenvalue weighted by molar-refractivity contribution is 5.79. The lowest BCUT2D eigenvalue weighted by Gasteiger charge is -2.08. The van der Waals surface area contributed by atoms with Crippen LogP contribution in [0.1, 0.15) is 19.4 Å². The Kier molecular flexibility index (Phi) is 5.22. The maximum Gasteiger partial charge on any atom is 0.191 e. The van der Waals surface area contributed by atoms with Gasteiger partial charge in [-0.2, -0.15) is 0 Å². The molecule has 0 fully saturated rings. The van der Waals surface area contributed by atoms with Crippen molar-refractivity contribution in [3.05, 3.63) is 30.1 Å². The van der Waals surface area contributed by atoms with Crippen LogP contribution in [0.25, 0.3) is 0 Å². The standard InChI is InChI=1S/C11H18N4/c1-3-13-11(14-4-2)15-9-10-6-5-7-12-8-10/h5-8H,3-4,9H2,1-2H3,(H2,13,14,15). The summed E-state index contributed by atoms with van der Waals surface area (Å²) in [5.74, 6) is 0.851. The minimum Gasteiger partial charge on any atom is -0.357 e. The predicted molar refractivity (Wildman–Crippen MR) is 62.7 cm³/mol. The summed E-state index contributed by atoms with van der Waals surface area (Å²) < 4.78 is 0. The van der Waals surface area contributed by atoms with Crippen molar-refractivity contribution in [1.82, 2.24) is 15.6 Å². The van der Waals surface area contributed by atoms with Crippen LogP contribution in [-0.4, -0.2) is 24.0 Å². The summed E-state index contributed by atoms with van der Waals surface area (Å²) in [7, 11) is 0. The molecule has 4 nitrogen and oxygen atoms in total. The zero-order valence-electron chi connectivity index (χ0n) is 9.33. The average Bonchev–Trinajstić information content (AvgIpc) is 2.28. The van der Waals surface area contributed by atoms with Crippen LogP contribution >= 0.6 is 0 Å². The molecule has 0 bridgehead atoms. The first kappa shape index (κ1) is 11.5. The third-order valence-corrected chi connectivity index (χ3v) is 1.83. The van der Waals surface area contributed by atoms with Crippen molar-refractivity contribution >= 4 is 5.96 Å². The lowest BCUT2D eigenvalue weighted by molar-refractivity contribution is 0.838. The van der Waals surface area contributed by atoms with Crippen LogP contribution in [0.3, 0.4) is 0 Å². The zero-order chi connectivity index (χ0) is 10.9. The van der Waals surface area contributed by atoms with Crippen LogP contribution in [0.2, 0.25) is 0 Å². The molecule has 0 radical (unpaired) electrons. The van der Waals surface area contributed by atoms with Gasteiger partial charge in [-0.3, -0.25) is 4.98 Å². The fourth-order valence-electron chi connectivity index (χ4n) is 1.17. The van der Waals surface area contributed by atoms with Gasteiger partial charge in [0.05, 0.1) is 6.54 Å². The van der Waals surface area contributed by atoms with Crippen LogP contribution in [0, 0.1) is 0 Å². The van der Waals surface area contributed by atoms with Crippen molar-refractivity contribution in [2.45, 2.75) is 20.4 Å². The minimum absolute atomic E-state index is 0.656. The molecule has 82 valence electrons. The van der Waals surface area contributed by atoms with E-state index >= 15 is 0 Å². The molecule has 0 saturated carbocycles. The molecule has 1 rings (SSSR count). The highest BCUT2D eigenvalue weighted by Gasteiger charge is 1.94.